The number of hydrogen-bond acceptors (Lipinski definition) is 5. The van der Waals surface area contributed by atoms with Crippen LogP contribution in [0.4, 0.5) is 22.7 Å². The molecule has 0 unspecified atom stereocenters. The summed E-state index contributed by atoms with van der Waals surface area (Å²) < 4.78 is 24.6. The van der Waals surface area contributed by atoms with Gasteiger partial charge >= 0.3 is 0 Å². The molecule has 0 aromatic heterocycles. The Morgan fingerprint density at radius 3 is 2.23 bits per heavy atom. The molecule has 0 aliphatic carbocycles. The van der Waals surface area contributed by atoms with Crippen molar-refractivity contribution in [1.82, 2.24) is 0 Å². The van der Waals surface area contributed by atoms with Crippen molar-refractivity contribution in [2.45, 2.75) is 0 Å². The highest BCUT2D eigenvalue weighted by Crippen LogP contribution is 2.30. The van der Waals surface area contributed by atoms with Gasteiger partial charge in [-0.2, -0.15) is 0 Å². The lowest BCUT2D eigenvalue weighted by Crippen LogP contribution is -2.09. The van der Waals surface area contributed by atoms with E-state index in [1.807, 2.05) is 0 Å². The zero-order valence-electron chi connectivity index (χ0n) is 11.4. The first kappa shape index (κ1) is 16.1. The lowest BCUT2D eigenvalue weighted by Gasteiger charge is -2.09. The standard InChI is InChI=1S/C13H12ClN3O4S/c1-22(20,21)16-11-5-3-10(4-6-11)15-12-7-2-9(14)8-13(12)17(18)19/h2-8,15-16H,1H3. The van der Waals surface area contributed by atoms with Crippen molar-refractivity contribution >= 4 is 44.4 Å². The lowest BCUT2D eigenvalue weighted by molar-refractivity contribution is -0.383. The Balaban J connectivity index is 2.23. The van der Waals surface area contributed by atoms with E-state index in [-0.39, 0.29) is 10.7 Å². The van der Waals surface area contributed by atoms with Crippen molar-refractivity contribution in [3.05, 3.63) is 57.6 Å². The molecule has 0 saturated carbocycles. The zero-order chi connectivity index (χ0) is 16.3. The van der Waals surface area contributed by atoms with Crippen LogP contribution in [0.3, 0.4) is 0 Å². The van der Waals surface area contributed by atoms with Gasteiger partial charge in [0.25, 0.3) is 5.69 Å². The van der Waals surface area contributed by atoms with E-state index >= 15 is 0 Å². The number of benzene rings is 2. The molecule has 0 bridgehead atoms. The van der Waals surface area contributed by atoms with Gasteiger partial charge in [-0.25, -0.2) is 8.42 Å². The maximum absolute atomic E-state index is 11.1. The SMILES string of the molecule is CS(=O)(=O)Nc1ccc(Nc2ccc(Cl)cc2[N+](=O)[O-])cc1. The van der Waals surface area contributed by atoms with Gasteiger partial charge in [0.2, 0.25) is 10.0 Å². The third-order valence-electron chi connectivity index (χ3n) is 2.62. The van der Waals surface area contributed by atoms with Crippen molar-refractivity contribution in [3.63, 3.8) is 0 Å². The minimum atomic E-state index is -3.35. The minimum Gasteiger partial charge on any atom is -0.350 e. The van der Waals surface area contributed by atoms with Gasteiger partial charge in [-0.3, -0.25) is 14.8 Å². The Kier molecular flexibility index (Phi) is 4.53. The fraction of sp³-hybridized carbons (Fsp3) is 0.0769. The predicted octanol–water partition coefficient (Wildman–Crippen LogP) is 3.36. The Labute approximate surface area is 132 Å². The fourth-order valence-electron chi connectivity index (χ4n) is 1.75. The van der Waals surface area contributed by atoms with E-state index in [0.717, 1.165) is 6.26 Å². The Bertz CT molecular complexity index is 807. The van der Waals surface area contributed by atoms with Crippen LogP contribution >= 0.6 is 11.6 Å². The second kappa shape index (κ2) is 6.20. The Morgan fingerprint density at radius 2 is 1.68 bits per heavy atom. The van der Waals surface area contributed by atoms with Crippen LogP contribution in [0.5, 0.6) is 0 Å². The molecule has 0 fully saturated rings. The smallest absolute Gasteiger partial charge is 0.294 e. The van der Waals surface area contributed by atoms with Gasteiger partial charge in [-0.1, -0.05) is 11.6 Å². The lowest BCUT2D eigenvalue weighted by atomic mass is 10.2. The molecular weight excluding hydrogens is 330 g/mol. The largest absolute Gasteiger partial charge is 0.350 e. The molecule has 7 nitrogen and oxygen atoms in total. The van der Waals surface area contributed by atoms with E-state index in [1.54, 1.807) is 24.3 Å². The minimum absolute atomic E-state index is 0.147. The van der Waals surface area contributed by atoms with E-state index in [1.165, 1.54) is 18.2 Å². The molecule has 0 aliphatic heterocycles. The molecule has 0 atom stereocenters. The van der Waals surface area contributed by atoms with E-state index < -0.39 is 14.9 Å². The maximum atomic E-state index is 11.1. The van der Waals surface area contributed by atoms with Gasteiger partial charge in [-0.15, -0.1) is 0 Å². The van der Waals surface area contributed by atoms with Crippen LogP contribution in [0, 0.1) is 10.1 Å². The number of nitrogens with zero attached hydrogens (tertiary/aromatic N) is 1. The summed E-state index contributed by atoms with van der Waals surface area (Å²) in [4.78, 5) is 10.5. The molecule has 0 amide bonds. The average molecular weight is 342 g/mol. The van der Waals surface area contributed by atoms with Crippen LogP contribution in [0.25, 0.3) is 0 Å². The average Bonchev–Trinajstić information content (AvgIpc) is 2.41. The van der Waals surface area contributed by atoms with Gasteiger partial charge in [-0.05, 0) is 36.4 Å². The van der Waals surface area contributed by atoms with Crippen molar-refractivity contribution < 1.29 is 13.3 Å². The van der Waals surface area contributed by atoms with E-state index in [0.29, 0.717) is 17.1 Å². The zero-order valence-corrected chi connectivity index (χ0v) is 13.0. The second-order valence-corrected chi connectivity index (χ2v) is 6.68. The molecule has 2 aromatic rings. The molecule has 2 aromatic carbocycles. The third-order valence-corrected chi connectivity index (χ3v) is 3.47. The normalized spacial score (nSPS) is 11.0. The summed E-state index contributed by atoms with van der Waals surface area (Å²) in [7, 11) is -3.35. The topological polar surface area (TPSA) is 101 Å². The first-order valence-corrected chi connectivity index (χ1v) is 8.30. The van der Waals surface area contributed by atoms with Crippen molar-refractivity contribution in [1.29, 1.82) is 0 Å². The summed E-state index contributed by atoms with van der Waals surface area (Å²) >= 11 is 5.75. The molecule has 0 spiro atoms. The molecule has 0 heterocycles. The number of rotatable bonds is 5. The van der Waals surface area contributed by atoms with Crippen LogP contribution in [-0.2, 0) is 10.0 Å². The van der Waals surface area contributed by atoms with Gasteiger partial charge in [0.15, 0.2) is 0 Å². The molecule has 0 aliphatic rings. The quantitative estimate of drug-likeness (QED) is 0.641. The number of nitro groups is 1. The number of sulfonamides is 1. The summed E-state index contributed by atoms with van der Waals surface area (Å²) in [6, 6.07) is 10.6. The molecule has 2 rings (SSSR count). The summed E-state index contributed by atoms with van der Waals surface area (Å²) in [5, 5.41) is 14.2. The van der Waals surface area contributed by atoms with Crippen LogP contribution in [-0.4, -0.2) is 19.6 Å². The molecule has 0 saturated heterocycles. The van der Waals surface area contributed by atoms with E-state index in [9.17, 15) is 18.5 Å². The van der Waals surface area contributed by atoms with Gasteiger partial charge in [0, 0.05) is 22.5 Å². The number of nitro benzene ring substituents is 1. The fourth-order valence-corrected chi connectivity index (χ4v) is 2.48. The van der Waals surface area contributed by atoms with Gasteiger partial charge in [0.1, 0.15) is 5.69 Å². The number of nitrogens with one attached hydrogen (secondary N) is 2. The summed E-state index contributed by atoms with van der Waals surface area (Å²) in [6.07, 6.45) is 1.05. The highest BCUT2D eigenvalue weighted by Gasteiger charge is 2.14. The van der Waals surface area contributed by atoms with Crippen molar-refractivity contribution in [2.24, 2.45) is 0 Å². The van der Waals surface area contributed by atoms with E-state index in [4.69, 9.17) is 11.6 Å². The number of hydrogen-bond donors (Lipinski definition) is 2. The number of anilines is 3. The Hall–Kier alpha value is -2.32. The van der Waals surface area contributed by atoms with Gasteiger partial charge < -0.3 is 5.32 Å². The molecule has 9 heteroatoms. The molecule has 0 radical (unpaired) electrons. The van der Waals surface area contributed by atoms with Crippen LogP contribution in [0.15, 0.2) is 42.5 Å². The molecular formula is C13H12ClN3O4S. The first-order valence-electron chi connectivity index (χ1n) is 6.03. The van der Waals surface area contributed by atoms with E-state index in [2.05, 4.69) is 10.0 Å². The van der Waals surface area contributed by atoms with Crippen molar-refractivity contribution in [2.75, 3.05) is 16.3 Å². The molecule has 2 N–H and O–H groups in total. The molecule has 22 heavy (non-hydrogen) atoms. The third kappa shape index (κ3) is 4.34. The van der Waals surface area contributed by atoms with Crippen LogP contribution in [0.2, 0.25) is 5.02 Å². The first-order chi connectivity index (χ1) is 10.2. The molecule has 116 valence electrons. The van der Waals surface area contributed by atoms with Crippen LogP contribution in [0.1, 0.15) is 0 Å². The highest BCUT2D eigenvalue weighted by molar-refractivity contribution is 7.92. The second-order valence-electron chi connectivity index (χ2n) is 4.50. The number of halogens is 1. The highest BCUT2D eigenvalue weighted by atomic mass is 35.5. The van der Waals surface area contributed by atoms with Crippen LogP contribution < -0.4 is 10.0 Å². The predicted molar refractivity (Wildman–Crippen MR) is 86.3 cm³/mol. The Morgan fingerprint density at radius 1 is 1.09 bits per heavy atom. The monoisotopic (exact) mass is 341 g/mol. The van der Waals surface area contributed by atoms with Crippen molar-refractivity contribution in [3.8, 4) is 0 Å². The summed E-state index contributed by atoms with van der Waals surface area (Å²) in [5.74, 6) is 0. The summed E-state index contributed by atoms with van der Waals surface area (Å²) in [6.45, 7) is 0. The summed E-state index contributed by atoms with van der Waals surface area (Å²) in [5.41, 5.74) is 1.12. The van der Waals surface area contributed by atoms with Gasteiger partial charge in [0.05, 0.1) is 11.2 Å². The maximum Gasteiger partial charge on any atom is 0.294 e.